The first-order chi connectivity index (χ1) is 43.7. The molecule has 490 valence electrons. The summed E-state index contributed by atoms with van der Waals surface area (Å²) in [5, 5.41) is 12.7. The molecule has 2 aromatic heterocycles. The SMILES string of the molecule is COc1ccc(COC(=O)C2=C(C[N+]3(CCOc4nn(C)c(=O)c5cc(OCc6ccc(OC)cc6)c(OCc6ccc(OC)cc6)cc45)CCCC3)[C@H](C)S[C@@H]3[C@H](CC(=O)/C(=N\OC(C)(C)C(=O)OC(C)(C)C)c4csc(NC(=O)OC(C)(C)C)n4)C(=O)N23)cc1. The van der Waals surface area contributed by atoms with Crippen LogP contribution in [-0.2, 0) is 65.1 Å². The molecular weight excluding hydrogens is 1220 g/mol. The average Bonchev–Trinajstić information content (AvgIpc) is 0.776. The maximum atomic E-state index is 14.9. The van der Waals surface area contributed by atoms with Crippen molar-refractivity contribution < 1.29 is 75.9 Å². The third kappa shape index (κ3) is 16.5. The molecule has 9 rings (SSSR count). The fourth-order valence-electron chi connectivity index (χ4n) is 10.7. The summed E-state index contributed by atoms with van der Waals surface area (Å²) in [7, 11) is 6.32. The van der Waals surface area contributed by atoms with Gasteiger partial charge >= 0.3 is 18.0 Å². The standard InChI is InChI=1S/C67H79N7O16S2/c1-40-50(35-74(28-14-15-29-74)30-31-84-57-47-33-53(85-36-41-16-22-44(81-11)23-17-41)54(34-48(47)58(76)72(10)70-57)86-37-42-18-24-45(82-12)25-19-42)56(61(78)87-38-43-20-26-46(83-13)27-21-43)73-59(77)49(60(73)92-40)32-52(75)55(71-90-67(8,9)62(79)88-65(2,3)4)51-39-91-63(68-51)69-64(80)89-66(5,6)7/h16-27,33-34,39-40,49,60H,14-15,28-32,35-38H2,1-13H3/p+1/b71-55-/t40-,49+,60+/m0/s1. The Balaban J connectivity index is 0.994. The zero-order valence-corrected chi connectivity index (χ0v) is 55.8. The van der Waals surface area contributed by atoms with Crippen molar-refractivity contribution in [2.45, 2.75) is 129 Å². The van der Waals surface area contributed by atoms with Crippen molar-refractivity contribution in [1.82, 2.24) is 19.7 Å². The maximum Gasteiger partial charge on any atom is 0.413 e. The summed E-state index contributed by atoms with van der Waals surface area (Å²) < 4.78 is 54.4. The van der Waals surface area contributed by atoms with Gasteiger partial charge in [-0.1, -0.05) is 41.6 Å². The first kappa shape index (κ1) is 67.7. The van der Waals surface area contributed by atoms with Crippen molar-refractivity contribution in [3.8, 4) is 34.6 Å². The van der Waals surface area contributed by atoms with E-state index in [4.69, 9.17) is 47.5 Å². The van der Waals surface area contributed by atoms with E-state index in [0.29, 0.717) is 68.2 Å². The van der Waals surface area contributed by atoms with E-state index in [2.05, 4.69) is 20.6 Å². The first-order valence-corrected chi connectivity index (χ1v) is 32.0. The topological polar surface area (TPSA) is 253 Å². The number of ether oxygens (including phenoxy) is 9. The van der Waals surface area contributed by atoms with Crippen molar-refractivity contribution in [2.75, 3.05) is 59.4 Å². The lowest BCUT2D eigenvalue weighted by molar-refractivity contribution is -0.912. The molecule has 3 atom stereocenters. The first-order valence-electron chi connectivity index (χ1n) is 30.2. The summed E-state index contributed by atoms with van der Waals surface area (Å²) in [6, 6.07) is 25.5. The van der Waals surface area contributed by atoms with Gasteiger partial charge in [-0.05, 0) is 128 Å². The van der Waals surface area contributed by atoms with Gasteiger partial charge in [-0.3, -0.25) is 24.6 Å². The number of anilines is 1. The molecule has 23 nitrogen and oxygen atoms in total. The van der Waals surface area contributed by atoms with Crippen LogP contribution in [0.4, 0.5) is 9.93 Å². The second-order valence-corrected chi connectivity index (χ2v) is 27.5. The van der Waals surface area contributed by atoms with Gasteiger partial charge in [-0.25, -0.2) is 24.0 Å². The minimum absolute atomic E-state index is 0.00755. The number of thiazole rings is 1. The van der Waals surface area contributed by atoms with Crippen LogP contribution in [0.2, 0.25) is 0 Å². The molecule has 0 aliphatic carbocycles. The Morgan fingerprint density at radius 1 is 0.728 bits per heavy atom. The van der Waals surface area contributed by atoms with E-state index in [9.17, 15) is 28.8 Å². The number of amides is 2. The molecule has 0 bridgehead atoms. The average molecular weight is 1300 g/mol. The van der Waals surface area contributed by atoms with Crippen LogP contribution in [0.15, 0.2) is 112 Å². The van der Waals surface area contributed by atoms with Gasteiger partial charge in [0.2, 0.25) is 17.4 Å². The number of aromatic nitrogens is 3. The molecule has 3 aliphatic heterocycles. The Kier molecular flexibility index (Phi) is 20.9. The molecular formula is C67H80N7O16S2+. The molecule has 1 N–H and O–H groups in total. The fraction of sp³-hybridized carbons (Fsp3) is 0.448. The van der Waals surface area contributed by atoms with Gasteiger partial charge in [0.15, 0.2) is 28.1 Å². The van der Waals surface area contributed by atoms with E-state index in [1.165, 1.54) is 40.6 Å². The third-order valence-electron chi connectivity index (χ3n) is 15.5. The van der Waals surface area contributed by atoms with Crippen LogP contribution >= 0.6 is 23.1 Å². The molecule has 2 fully saturated rings. The smallest absolute Gasteiger partial charge is 0.413 e. The highest BCUT2D eigenvalue weighted by molar-refractivity contribution is 8.00. The number of esters is 2. The summed E-state index contributed by atoms with van der Waals surface area (Å²) in [4.78, 5) is 96.3. The maximum absolute atomic E-state index is 14.9. The zero-order chi connectivity index (χ0) is 66.3. The van der Waals surface area contributed by atoms with E-state index in [1.807, 2.05) is 55.5 Å². The van der Waals surface area contributed by atoms with Crippen molar-refractivity contribution >= 4 is 74.4 Å². The van der Waals surface area contributed by atoms with E-state index in [0.717, 1.165) is 48.4 Å². The molecule has 6 aromatic rings. The fourth-order valence-corrected chi connectivity index (χ4v) is 12.9. The molecule has 2 saturated heterocycles. The van der Waals surface area contributed by atoms with Gasteiger partial charge in [-0.2, -0.15) is 0 Å². The van der Waals surface area contributed by atoms with Gasteiger partial charge in [0.1, 0.15) is 79.4 Å². The molecule has 2 amide bonds. The van der Waals surface area contributed by atoms with Crippen LogP contribution in [0, 0.1) is 5.92 Å². The molecule has 4 aromatic carbocycles. The molecule has 25 heteroatoms. The van der Waals surface area contributed by atoms with Crippen LogP contribution in [0.1, 0.15) is 104 Å². The van der Waals surface area contributed by atoms with E-state index >= 15 is 0 Å². The number of oxime groups is 1. The predicted molar refractivity (Wildman–Crippen MR) is 346 cm³/mol. The molecule has 0 radical (unpaired) electrons. The molecule has 92 heavy (non-hydrogen) atoms. The van der Waals surface area contributed by atoms with Gasteiger partial charge in [-0.15, -0.1) is 28.2 Å². The second-order valence-electron chi connectivity index (χ2n) is 25.2. The minimum atomic E-state index is -1.68. The van der Waals surface area contributed by atoms with Crippen LogP contribution in [0.5, 0.6) is 34.6 Å². The molecule has 0 unspecified atom stereocenters. The Labute approximate surface area is 542 Å². The lowest BCUT2D eigenvalue weighted by Gasteiger charge is -2.52. The Morgan fingerprint density at radius 2 is 1.27 bits per heavy atom. The van der Waals surface area contributed by atoms with Crippen molar-refractivity contribution in [1.29, 1.82) is 0 Å². The summed E-state index contributed by atoms with van der Waals surface area (Å²) >= 11 is 2.45. The number of methoxy groups -OCH3 is 3. The van der Waals surface area contributed by atoms with Gasteiger partial charge in [0.25, 0.3) is 5.56 Å². The number of nitrogens with zero attached hydrogens (tertiary/aromatic N) is 6. The number of rotatable bonds is 26. The quantitative estimate of drug-likeness (QED) is 0.0132. The van der Waals surface area contributed by atoms with Crippen LogP contribution in [0.25, 0.3) is 10.8 Å². The number of hydrogen-bond acceptors (Lipinski definition) is 21. The molecule has 3 aliphatic rings. The number of β-lactam (4-membered cyclic amide) rings is 1. The Bertz CT molecular complexity index is 3810. The third-order valence-corrected chi connectivity index (χ3v) is 17.8. The summed E-state index contributed by atoms with van der Waals surface area (Å²) in [5.41, 5.74) is -0.803. The highest BCUT2D eigenvalue weighted by Gasteiger charge is 2.57. The number of nitrogens with one attached hydrogen (secondary N) is 1. The number of carbonyl (C=O) groups excluding carboxylic acids is 5. The normalized spacial score (nSPS) is 17.3. The number of aryl methyl sites for hydroxylation is 1. The monoisotopic (exact) mass is 1300 g/mol. The number of ketones is 1. The number of fused-ring (bicyclic) bond motifs is 2. The van der Waals surface area contributed by atoms with E-state index in [1.54, 1.807) is 106 Å². The highest BCUT2D eigenvalue weighted by Crippen LogP contribution is 2.49. The highest BCUT2D eigenvalue weighted by atomic mass is 32.2. The lowest BCUT2D eigenvalue weighted by atomic mass is 9.88. The summed E-state index contributed by atoms with van der Waals surface area (Å²) in [6.45, 7) is 17.8. The van der Waals surface area contributed by atoms with Gasteiger partial charge in [0.05, 0.1) is 56.5 Å². The number of quaternary nitrogens is 1. The van der Waals surface area contributed by atoms with Crippen molar-refractivity contribution in [2.24, 2.45) is 18.1 Å². The largest absolute Gasteiger partial charge is 0.497 e. The minimum Gasteiger partial charge on any atom is -0.497 e. The lowest BCUT2D eigenvalue weighted by Crippen LogP contribution is -2.63. The summed E-state index contributed by atoms with van der Waals surface area (Å²) in [6.07, 6.45) is 0.612. The Morgan fingerprint density at radius 3 is 1.82 bits per heavy atom. The molecule has 5 heterocycles. The number of benzene rings is 4. The second kappa shape index (κ2) is 28.5. The summed E-state index contributed by atoms with van der Waals surface area (Å²) in [5.74, 6) is -0.596. The van der Waals surface area contributed by atoms with Gasteiger partial charge in [0, 0.05) is 42.5 Å². The van der Waals surface area contributed by atoms with Crippen LogP contribution in [-0.4, -0.2) is 141 Å². The molecule has 0 saturated carbocycles. The van der Waals surface area contributed by atoms with Crippen LogP contribution < -0.4 is 39.3 Å². The van der Waals surface area contributed by atoms with E-state index < -0.39 is 57.8 Å². The number of Topliss-reactive ketones (excluding diaryl/α,β-unsaturated/α-hetero) is 1. The molecule has 0 spiro atoms. The number of carbonyl (C=O) groups is 5. The number of hydrogen-bond donors (Lipinski definition) is 1. The van der Waals surface area contributed by atoms with Crippen molar-refractivity contribution in [3.63, 3.8) is 0 Å². The number of thioether (sulfide) groups is 1. The van der Waals surface area contributed by atoms with Crippen LogP contribution in [0.3, 0.4) is 0 Å². The van der Waals surface area contributed by atoms with E-state index in [-0.39, 0.29) is 71.8 Å². The number of likely N-dealkylation sites (tertiary alicyclic amines) is 1. The van der Waals surface area contributed by atoms with Crippen molar-refractivity contribution in [3.05, 3.63) is 134 Å². The van der Waals surface area contributed by atoms with Gasteiger partial charge < -0.3 is 52.0 Å². The Hall–Kier alpha value is -8.68. The zero-order valence-electron chi connectivity index (χ0n) is 54.2. The predicted octanol–water partition coefficient (Wildman–Crippen LogP) is 10.3.